The van der Waals surface area contributed by atoms with E-state index in [0.717, 1.165) is 5.56 Å². The van der Waals surface area contributed by atoms with Crippen LogP contribution >= 0.6 is 0 Å². The Labute approximate surface area is 106 Å². The molecule has 0 spiro atoms. The van der Waals surface area contributed by atoms with Crippen molar-refractivity contribution in [2.75, 3.05) is 0 Å². The Bertz CT molecular complexity index is 524. The molecule has 0 amide bonds. The second-order valence-electron chi connectivity index (χ2n) is 4.18. The first-order valence-electron chi connectivity index (χ1n) is 5.64. The summed E-state index contributed by atoms with van der Waals surface area (Å²) in [4.78, 5) is 12.1. The van der Waals surface area contributed by atoms with Crippen LogP contribution in [0.2, 0.25) is 0 Å². The van der Waals surface area contributed by atoms with Crippen LogP contribution in [0, 0.1) is 12.7 Å². The van der Waals surface area contributed by atoms with Crippen molar-refractivity contribution in [3.63, 3.8) is 0 Å². The normalized spacial score (nSPS) is 10.1. The summed E-state index contributed by atoms with van der Waals surface area (Å²) in [5.74, 6) is -0.462. The molecule has 0 heterocycles. The fourth-order valence-electron chi connectivity index (χ4n) is 1.66. The van der Waals surface area contributed by atoms with Gasteiger partial charge in [0, 0.05) is 11.1 Å². The maximum atomic E-state index is 12.8. The molecule has 0 fully saturated rings. The largest absolute Gasteiger partial charge is 0.289 e. The van der Waals surface area contributed by atoms with E-state index in [2.05, 4.69) is 6.58 Å². The average Bonchev–Trinajstić information content (AvgIpc) is 2.39. The summed E-state index contributed by atoms with van der Waals surface area (Å²) in [5.41, 5.74) is 2.70. The first-order valence-corrected chi connectivity index (χ1v) is 5.64. The molecule has 0 aliphatic rings. The first-order chi connectivity index (χ1) is 8.58. The van der Waals surface area contributed by atoms with Crippen molar-refractivity contribution in [1.29, 1.82) is 0 Å². The lowest BCUT2D eigenvalue weighted by molar-refractivity contribution is 0.105. The second kappa shape index (κ2) is 4.96. The molecule has 2 heteroatoms. The summed E-state index contributed by atoms with van der Waals surface area (Å²) >= 11 is 0. The predicted octanol–water partition coefficient (Wildman–Crippen LogP) is 4.03. The Hall–Kier alpha value is -2.22. The van der Waals surface area contributed by atoms with Crippen LogP contribution < -0.4 is 0 Å². The van der Waals surface area contributed by atoms with Crippen molar-refractivity contribution in [3.8, 4) is 0 Å². The molecule has 0 radical (unpaired) electrons. The SMILES string of the molecule is C=C(C(=O)c1ccc(C)cc1)c1ccc(F)cc1. The van der Waals surface area contributed by atoms with Crippen LogP contribution in [0.1, 0.15) is 21.5 Å². The van der Waals surface area contributed by atoms with Crippen molar-refractivity contribution in [2.24, 2.45) is 0 Å². The van der Waals surface area contributed by atoms with E-state index in [0.29, 0.717) is 16.7 Å². The average molecular weight is 240 g/mol. The van der Waals surface area contributed by atoms with Gasteiger partial charge in [-0.1, -0.05) is 48.5 Å². The minimum absolute atomic E-state index is 0.137. The molecular weight excluding hydrogens is 227 g/mol. The lowest BCUT2D eigenvalue weighted by Crippen LogP contribution is -2.01. The fraction of sp³-hybridized carbons (Fsp3) is 0.0625. The van der Waals surface area contributed by atoms with Crippen molar-refractivity contribution in [3.05, 3.63) is 77.6 Å². The Balaban J connectivity index is 2.26. The van der Waals surface area contributed by atoms with Gasteiger partial charge in [-0.2, -0.15) is 0 Å². The van der Waals surface area contributed by atoms with Gasteiger partial charge in [0.1, 0.15) is 5.82 Å². The number of Topliss-reactive ketones (excluding diaryl/α,β-unsaturated/α-hetero) is 1. The van der Waals surface area contributed by atoms with Crippen LogP contribution in [0.4, 0.5) is 4.39 Å². The quantitative estimate of drug-likeness (QED) is 0.584. The number of halogens is 1. The highest BCUT2D eigenvalue weighted by Gasteiger charge is 2.11. The topological polar surface area (TPSA) is 17.1 Å². The molecule has 0 atom stereocenters. The molecule has 90 valence electrons. The van der Waals surface area contributed by atoms with E-state index in [9.17, 15) is 9.18 Å². The number of allylic oxidation sites excluding steroid dienone is 1. The smallest absolute Gasteiger partial charge is 0.193 e. The number of ketones is 1. The van der Waals surface area contributed by atoms with Gasteiger partial charge in [0.2, 0.25) is 0 Å². The van der Waals surface area contributed by atoms with Crippen molar-refractivity contribution < 1.29 is 9.18 Å². The van der Waals surface area contributed by atoms with Crippen molar-refractivity contribution in [2.45, 2.75) is 6.92 Å². The first kappa shape index (κ1) is 12.2. The third-order valence-electron chi connectivity index (χ3n) is 2.78. The summed E-state index contributed by atoms with van der Waals surface area (Å²) in [6, 6.07) is 13.1. The van der Waals surface area contributed by atoms with Gasteiger partial charge in [0.05, 0.1) is 0 Å². The fourth-order valence-corrected chi connectivity index (χ4v) is 1.66. The zero-order valence-corrected chi connectivity index (χ0v) is 10.1. The molecule has 2 aromatic rings. The zero-order valence-electron chi connectivity index (χ0n) is 10.1. The number of hydrogen-bond donors (Lipinski definition) is 0. The van der Waals surface area contributed by atoms with Gasteiger partial charge in [-0.3, -0.25) is 4.79 Å². The van der Waals surface area contributed by atoms with Gasteiger partial charge in [0.15, 0.2) is 5.78 Å². The maximum Gasteiger partial charge on any atom is 0.193 e. The molecule has 0 aliphatic carbocycles. The van der Waals surface area contributed by atoms with Crippen LogP contribution in [0.25, 0.3) is 5.57 Å². The summed E-state index contributed by atoms with van der Waals surface area (Å²) in [6.45, 7) is 5.74. The second-order valence-corrected chi connectivity index (χ2v) is 4.18. The van der Waals surface area contributed by atoms with E-state index < -0.39 is 0 Å². The van der Waals surface area contributed by atoms with Crippen molar-refractivity contribution in [1.82, 2.24) is 0 Å². The van der Waals surface area contributed by atoms with Gasteiger partial charge in [-0.15, -0.1) is 0 Å². The van der Waals surface area contributed by atoms with Gasteiger partial charge < -0.3 is 0 Å². The number of aryl methyl sites for hydroxylation is 1. The molecule has 18 heavy (non-hydrogen) atoms. The molecule has 2 rings (SSSR count). The van der Waals surface area contributed by atoms with Crippen LogP contribution in [-0.4, -0.2) is 5.78 Å². The zero-order chi connectivity index (χ0) is 13.1. The number of rotatable bonds is 3. The number of hydrogen-bond acceptors (Lipinski definition) is 1. The molecular formula is C16H13FO. The molecule has 0 unspecified atom stereocenters. The van der Waals surface area contributed by atoms with Crippen LogP contribution in [0.5, 0.6) is 0 Å². The minimum atomic E-state index is -0.325. The minimum Gasteiger partial charge on any atom is -0.289 e. The maximum absolute atomic E-state index is 12.8. The number of benzene rings is 2. The highest BCUT2D eigenvalue weighted by atomic mass is 19.1. The third-order valence-corrected chi connectivity index (χ3v) is 2.78. The summed E-state index contributed by atoms with van der Waals surface area (Å²) in [7, 11) is 0. The Morgan fingerprint density at radius 2 is 1.44 bits per heavy atom. The molecule has 0 saturated carbocycles. The highest BCUT2D eigenvalue weighted by Crippen LogP contribution is 2.18. The molecule has 0 saturated heterocycles. The van der Waals surface area contributed by atoms with E-state index in [4.69, 9.17) is 0 Å². The van der Waals surface area contributed by atoms with Gasteiger partial charge in [0.25, 0.3) is 0 Å². The standard InChI is InChI=1S/C16H13FO/c1-11-3-5-14(6-4-11)16(18)12(2)13-7-9-15(17)10-8-13/h3-10H,2H2,1H3. The van der Waals surface area contributed by atoms with Crippen molar-refractivity contribution >= 4 is 11.4 Å². The van der Waals surface area contributed by atoms with E-state index in [1.54, 1.807) is 24.3 Å². The van der Waals surface area contributed by atoms with E-state index in [-0.39, 0.29) is 11.6 Å². The molecule has 0 bridgehead atoms. The van der Waals surface area contributed by atoms with Crippen LogP contribution in [-0.2, 0) is 0 Å². The Morgan fingerprint density at radius 1 is 0.944 bits per heavy atom. The van der Waals surface area contributed by atoms with Gasteiger partial charge in [-0.25, -0.2) is 4.39 Å². The monoisotopic (exact) mass is 240 g/mol. The third kappa shape index (κ3) is 2.54. The predicted molar refractivity (Wildman–Crippen MR) is 70.9 cm³/mol. The Morgan fingerprint density at radius 3 is 2.00 bits per heavy atom. The summed E-state index contributed by atoms with van der Waals surface area (Å²) in [5, 5.41) is 0. The van der Waals surface area contributed by atoms with Gasteiger partial charge in [-0.05, 0) is 24.6 Å². The molecule has 2 aromatic carbocycles. The lowest BCUT2D eigenvalue weighted by Gasteiger charge is -2.05. The van der Waals surface area contributed by atoms with Crippen LogP contribution in [0.15, 0.2) is 55.1 Å². The molecule has 1 nitrogen and oxygen atoms in total. The van der Waals surface area contributed by atoms with Crippen LogP contribution in [0.3, 0.4) is 0 Å². The summed E-state index contributed by atoms with van der Waals surface area (Å²) < 4.78 is 12.8. The van der Waals surface area contributed by atoms with E-state index in [1.807, 2.05) is 19.1 Å². The Kier molecular flexibility index (Phi) is 3.38. The highest BCUT2D eigenvalue weighted by molar-refractivity contribution is 6.28. The number of carbonyl (C=O) groups excluding carboxylic acids is 1. The lowest BCUT2D eigenvalue weighted by atomic mass is 9.98. The van der Waals surface area contributed by atoms with E-state index >= 15 is 0 Å². The molecule has 0 aliphatic heterocycles. The van der Waals surface area contributed by atoms with E-state index in [1.165, 1.54) is 12.1 Å². The number of carbonyl (C=O) groups is 1. The summed E-state index contributed by atoms with van der Waals surface area (Å²) in [6.07, 6.45) is 0. The molecule has 0 aromatic heterocycles. The molecule has 0 N–H and O–H groups in total. The van der Waals surface area contributed by atoms with Gasteiger partial charge >= 0.3 is 0 Å².